The molecule has 0 aliphatic rings. The van der Waals surface area contributed by atoms with E-state index in [9.17, 15) is 4.79 Å². The Bertz CT molecular complexity index is 1000. The molecule has 0 spiro atoms. The van der Waals surface area contributed by atoms with Crippen LogP contribution in [0.2, 0.25) is 0 Å². The molecule has 0 aliphatic heterocycles. The molecule has 0 saturated carbocycles. The Labute approximate surface area is 138 Å². The van der Waals surface area contributed by atoms with E-state index in [4.69, 9.17) is 0 Å². The van der Waals surface area contributed by atoms with Crippen molar-refractivity contribution in [3.8, 4) is 28.3 Å². The number of H-pyrrole nitrogens is 1. The zero-order valence-corrected chi connectivity index (χ0v) is 12.8. The molecule has 1 N–H and O–H groups in total. The third-order valence-corrected chi connectivity index (χ3v) is 3.74. The van der Waals surface area contributed by atoms with Gasteiger partial charge in [-0.2, -0.15) is 5.10 Å². The average molecular weight is 314 g/mol. The van der Waals surface area contributed by atoms with Crippen LogP contribution in [0.3, 0.4) is 0 Å². The van der Waals surface area contributed by atoms with E-state index < -0.39 is 0 Å². The number of rotatable bonds is 3. The van der Waals surface area contributed by atoms with Gasteiger partial charge in [0.25, 0.3) is 5.56 Å². The number of aromatic nitrogens is 4. The Kier molecular flexibility index (Phi) is 3.51. The van der Waals surface area contributed by atoms with Crippen molar-refractivity contribution in [3.63, 3.8) is 0 Å². The largest absolute Gasteiger partial charge is 0.291 e. The van der Waals surface area contributed by atoms with Crippen LogP contribution in [-0.2, 0) is 0 Å². The predicted octanol–water partition coefficient (Wildman–Crippen LogP) is 3.29. The second kappa shape index (κ2) is 5.96. The summed E-state index contributed by atoms with van der Waals surface area (Å²) < 4.78 is 1.53. The number of hydrogen-bond acceptors (Lipinski definition) is 3. The van der Waals surface area contributed by atoms with Crippen molar-refractivity contribution in [2.24, 2.45) is 0 Å². The monoisotopic (exact) mass is 314 g/mol. The lowest BCUT2D eigenvalue weighted by Crippen LogP contribution is -2.13. The average Bonchev–Trinajstić information content (AvgIpc) is 3.17. The Hall–Kier alpha value is -3.47. The molecule has 2 aromatic heterocycles. The van der Waals surface area contributed by atoms with Crippen LogP contribution in [0.5, 0.6) is 0 Å². The van der Waals surface area contributed by atoms with Gasteiger partial charge in [-0.3, -0.25) is 9.78 Å². The van der Waals surface area contributed by atoms with E-state index in [0.29, 0.717) is 11.6 Å². The fourth-order valence-corrected chi connectivity index (χ4v) is 2.56. The van der Waals surface area contributed by atoms with Gasteiger partial charge in [-0.05, 0) is 17.2 Å². The molecule has 4 rings (SSSR count). The normalized spacial score (nSPS) is 10.7. The quantitative estimate of drug-likeness (QED) is 0.631. The Balaban J connectivity index is 1.73. The molecule has 0 amide bonds. The van der Waals surface area contributed by atoms with Crippen LogP contribution in [0, 0.1) is 0 Å². The molecular weight excluding hydrogens is 300 g/mol. The molecule has 116 valence electrons. The number of benzene rings is 2. The molecular formula is C19H14N4O. The zero-order valence-electron chi connectivity index (χ0n) is 12.8. The predicted molar refractivity (Wildman–Crippen MR) is 92.9 cm³/mol. The highest BCUT2D eigenvalue weighted by atomic mass is 16.1. The van der Waals surface area contributed by atoms with Crippen LogP contribution >= 0.6 is 0 Å². The smallest absolute Gasteiger partial charge is 0.252 e. The highest BCUT2D eigenvalue weighted by Gasteiger charge is 2.06. The SMILES string of the molecule is O=c1cc(-c2ccc(-c3ccccc3)cc2)nc(-n2cccn2)[nH]1. The number of nitrogens with one attached hydrogen (secondary N) is 1. The molecule has 0 unspecified atom stereocenters. The summed E-state index contributed by atoms with van der Waals surface area (Å²) in [4.78, 5) is 19.1. The maximum atomic E-state index is 11.9. The van der Waals surface area contributed by atoms with Crippen LogP contribution in [0.1, 0.15) is 0 Å². The van der Waals surface area contributed by atoms with E-state index in [1.54, 1.807) is 18.5 Å². The van der Waals surface area contributed by atoms with Gasteiger partial charge < -0.3 is 0 Å². The van der Waals surface area contributed by atoms with Gasteiger partial charge in [-0.25, -0.2) is 9.67 Å². The fraction of sp³-hybridized carbons (Fsp3) is 0. The van der Waals surface area contributed by atoms with E-state index >= 15 is 0 Å². The lowest BCUT2D eigenvalue weighted by molar-refractivity contribution is 0.803. The van der Waals surface area contributed by atoms with E-state index in [-0.39, 0.29) is 5.56 Å². The van der Waals surface area contributed by atoms with Crippen molar-refractivity contribution in [1.29, 1.82) is 0 Å². The first-order valence-electron chi connectivity index (χ1n) is 7.57. The molecule has 0 saturated heterocycles. The van der Waals surface area contributed by atoms with Crippen LogP contribution in [-0.4, -0.2) is 19.7 Å². The van der Waals surface area contributed by atoms with Crippen LogP contribution in [0.15, 0.2) is 83.9 Å². The standard InChI is InChI=1S/C19H14N4O/c24-18-13-17(21-19(22-18)23-12-4-11-20-23)16-9-7-15(8-10-16)14-5-2-1-3-6-14/h1-13H,(H,21,22,24). The van der Waals surface area contributed by atoms with Crippen molar-refractivity contribution in [1.82, 2.24) is 19.7 Å². The highest BCUT2D eigenvalue weighted by molar-refractivity contribution is 5.68. The molecule has 4 aromatic rings. The maximum absolute atomic E-state index is 11.9. The van der Waals surface area contributed by atoms with Crippen molar-refractivity contribution in [2.45, 2.75) is 0 Å². The zero-order chi connectivity index (χ0) is 16.4. The maximum Gasteiger partial charge on any atom is 0.252 e. The van der Waals surface area contributed by atoms with E-state index in [1.807, 2.05) is 42.5 Å². The molecule has 0 bridgehead atoms. The summed E-state index contributed by atoms with van der Waals surface area (Å²) in [5.74, 6) is 0.398. The third kappa shape index (κ3) is 2.75. The number of aromatic amines is 1. The fourth-order valence-electron chi connectivity index (χ4n) is 2.56. The van der Waals surface area contributed by atoms with Gasteiger partial charge in [0.2, 0.25) is 5.95 Å². The second-order valence-electron chi connectivity index (χ2n) is 5.35. The minimum atomic E-state index is -0.211. The lowest BCUT2D eigenvalue weighted by Gasteiger charge is -2.06. The summed E-state index contributed by atoms with van der Waals surface area (Å²) in [5.41, 5.74) is 3.56. The topological polar surface area (TPSA) is 63.6 Å². The third-order valence-electron chi connectivity index (χ3n) is 3.74. The molecule has 5 heteroatoms. The Morgan fingerprint density at radius 2 is 1.54 bits per heavy atom. The van der Waals surface area contributed by atoms with Gasteiger partial charge in [0, 0.05) is 24.0 Å². The van der Waals surface area contributed by atoms with Crippen LogP contribution < -0.4 is 5.56 Å². The van der Waals surface area contributed by atoms with Crippen molar-refractivity contribution >= 4 is 0 Å². The lowest BCUT2D eigenvalue weighted by atomic mass is 10.0. The minimum absolute atomic E-state index is 0.211. The first kappa shape index (κ1) is 14.1. The summed E-state index contributed by atoms with van der Waals surface area (Å²) in [6.07, 6.45) is 3.38. The van der Waals surface area contributed by atoms with E-state index in [2.05, 4.69) is 27.2 Å². The van der Waals surface area contributed by atoms with Gasteiger partial charge in [0.15, 0.2) is 0 Å². The molecule has 0 fully saturated rings. The van der Waals surface area contributed by atoms with Crippen molar-refractivity contribution in [2.75, 3.05) is 0 Å². The number of hydrogen-bond donors (Lipinski definition) is 1. The summed E-state index contributed by atoms with van der Waals surface area (Å²) in [6, 6.07) is 21.4. The summed E-state index contributed by atoms with van der Waals surface area (Å²) >= 11 is 0. The molecule has 2 aromatic carbocycles. The van der Waals surface area contributed by atoms with Gasteiger partial charge in [-0.15, -0.1) is 0 Å². The van der Waals surface area contributed by atoms with Gasteiger partial charge in [0.05, 0.1) is 5.69 Å². The van der Waals surface area contributed by atoms with Crippen LogP contribution in [0.25, 0.3) is 28.3 Å². The van der Waals surface area contributed by atoms with Crippen molar-refractivity contribution in [3.05, 3.63) is 89.5 Å². The molecule has 0 atom stereocenters. The van der Waals surface area contributed by atoms with Gasteiger partial charge in [-0.1, -0.05) is 54.6 Å². The van der Waals surface area contributed by atoms with E-state index in [1.165, 1.54) is 10.7 Å². The summed E-state index contributed by atoms with van der Waals surface area (Å²) in [5, 5.41) is 4.10. The number of nitrogens with zero attached hydrogens (tertiary/aromatic N) is 3. The molecule has 5 nitrogen and oxygen atoms in total. The van der Waals surface area contributed by atoms with E-state index in [0.717, 1.165) is 16.7 Å². The molecule has 2 heterocycles. The van der Waals surface area contributed by atoms with Crippen LogP contribution in [0.4, 0.5) is 0 Å². The highest BCUT2D eigenvalue weighted by Crippen LogP contribution is 2.23. The first-order valence-corrected chi connectivity index (χ1v) is 7.57. The summed E-state index contributed by atoms with van der Waals surface area (Å²) in [6.45, 7) is 0. The Morgan fingerprint density at radius 3 is 2.25 bits per heavy atom. The Morgan fingerprint density at radius 1 is 0.833 bits per heavy atom. The van der Waals surface area contributed by atoms with Gasteiger partial charge in [0.1, 0.15) is 0 Å². The molecule has 24 heavy (non-hydrogen) atoms. The minimum Gasteiger partial charge on any atom is -0.291 e. The van der Waals surface area contributed by atoms with Gasteiger partial charge >= 0.3 is 0 Å². The molecule has 0 radical (unpaired) electrons. The van der Waals surface area contributed by atoms with Crippen molar-refractivity contribution < 1.29 is 0 Å². The summed E-state index contributed by atoms with van der Waals surface area (Å²) in [7, 11) is 0. The first-order chi connectivity index (χ1) is 11.8. The second-order valence-corrected chi connectivity index (χ2v) is 5.35. The molecule has 0 aliphatic carbocycles.